The average molecular weight is 271 g/mol. The first kappa shape index (κ1) is 12.3. The molecule has 102 valence electrons. The van der Waals surface area contributed by atoms with Crippen LogP contribution in [-0.4, -0.2) is 35.8 Å². The fourth-order valence-corrected chi connectivity index (χ4v) is 2.32. The van der Waals surface area contributed by atoms with Crippen LogP contribution in [0.2, 0.25) is 0 Å². The number of hydrogen-bond acceptors (Lipinski definition) is 4. The molecule has 0 unspecified atom stereocenters. The Morgan fingerprint density at radius 1 is 1.40 bits per heavy atom. The number of nitrogens with zero attached hydrogens (tertiary/aromatic N) is 4. The van der Waals surface area contributed by atoms with Crippen molar-refractivity contribution in [3.8, 4) is 11.4 Å². The minimum atomic E-state index is -1.01. The lowest BCUT2D eigenvalue weighted by Gasteiger charge is -1.97. The van der Waals surface area contributed by atoms with Crippen molar-refractivity contribution in [1.82, 2.24) is 24.7 Å². The molecule has 0 aromatic carbocycles. The number of fused-ring (bicyclic) bond motifs is 1. The predicted octanol–water partition coefficient (Wildman–Crippen LogP) is 1.67. The van der Waals surface area contributed by atoms with Gasteiger partial charge in [-0.05, 0) is 19.9 Å². The summed E-state index contributed by atoms with van der Waals surface area (Å²) in [7, 11) is 1.86. The molecular formula is C13H13N5O2. The van der Waals surface area contributed by atoms with Crippen LogP contribution in [0.15, 0.2) is 12.3 Å². The molecule has 20 heavy (non-hydrogen) atoms. The van der Waals surface area contributed by atoms with Gasteiger partial charge in [0.15, 0.2) is 5.65 Å². The van der Waals surface area contributed by atoms with Gasteiger partial charge in [-0.25, -0.2) is 14.8 Å². The van der Waals surface area contributed by atoms with E-state index >= 15 is 0 Å². The molecule has 7 nitrogen and oxygen atoms in total. The largest absolute Gasteiger partial charge is 0.478 e. The van der Waals surface area contributed by atoms with E-state index in [1.807, 2.05) is 20.9 Å². The van der Waals surface area contributed by atoms with Gasteiger partial charge in [0.25, 0.3) is 0 Å². The van der Waals surface area contributed by atoms with Crippen molar-refractivity contribution in [2.24, 2.45) is 7.05 Å². The van der Waals surface area contributed by atoms with Gasteiger partial charge in [-0.2, -0.15) is 5.10 Å². The highest BCUT2D eigenvalue weighted by molar-refractivity contribution is 6.00. The van der Waals surface area contributed by atoms with Crippen LogP contribution < -0.4 is 0 Å². The number of carboxylic acid groups (broad SMARTS) is 1. The highest BCUT2D eigenvalue weighted by atomic mass is 16.4. The average Bonchev–Trinajstić information content (AvgIpc) is 2.90. The van der Waals surface area contributed by atoms with Crippen molar-refractivity contribution >= 4 is 17.1 Å². The second kappa shape index (κ2) is 4.16. The Labute approximate surface area is 114 Å². The van der Waals surface area contributed by atoms with Gasteiger partial charge in [-0.15, -0.1) is 0 Å². The number of aromatic amines is 1. The third-order valence-corrected chi connectivity index (χ3v) is 3.37. The molecule has 0 bridgehead atoms. The lowest BCUT2D eigenvalue weighted by Crippen LogP contribution is -1.97. The van der Waals surface area contributed by atoms with E-state index in [-0.39, 0.29) is 5.56 Å². The molecule has 0 radical (unpaired) electrons. The molecule has 3 aromatic heterocycles. The Morgan fingerprint density at radius 3 is 2.75 bits per heavy atom. The summed E-state index contributed by atoms with van der Waals surface area (Å²) < 4.78 is 1.77. The van der Waals surface area contributed by atoms with Crippen molar-refractivity contribution in [2.45, 2.75) is 13.8 Å². The summed E-state index contributed by atoms with van der Waals surface area (Å²) in [6.45, 7) is 3.83. The van der Waals surface area contributed by atoms with Gasteiger partial charge < -0.3 is 10.1 Å². The van der Waals surface area contributed by atoms with Crippen LogP contribution in [-0.2, 0) is 7.05 Å². The Balaban J connectivity index is 2.29. The van der Waals surface area contributed by atoms with E-state index in [0.717, 1.165) is 17.0 Å². The van der Waals surface area contributed by atoms with Crippen LogP contribution in [0.4, 0.5) is 0 Å². The third-order valence-electron chi connectivity index (χ3n) is 3.37. The van der Waals surface area contributed by atoms with Crippen LogP contribution in [0.5, 0.6) is 0 Å². The number of imidazole rings is 1. The molecule has 2 N–H and O–H groups in total. The van der Waals surface area contributed by atoms with Crippen molar-refractivity contribution in [3.05, 3.63) is 29.2 Å². The van der Waals surface area contributed by atoms with Gasteiger partial charge in [0, 0.05) is 18.9 Å². The number of aromatic carboxylic acids is 1. The van der Waals surface area contributed by atoms with Crippen LogP contribution in [0.1, 0.15) is 21.7 Å². The van der Waals surface area contributed by atoms with Gasteiger partial charge in [0.2, 0.25) is 0 Å². The maximum absolute atomic E-state index is 11.2. The molecule has 3 aromatic rings. The zero-order valence-electron chi connectivity index (χ0n) is 11.3. The number of carbonyl (C=O) groups is 1. The molecule has 3 heterocycles. The van der Waals surface area contributed by atoms with Gasteiger partial charge in [0.1, 0.15) is 5.82 Å². The number of H-pyrrole nitrogens is 1. The van der Waals surface area contributed by atoms with E-state index in [1.54, 1.807) is 4.68 Å². The highest BCUT2D eigenvalue weighted by Gasteiger charge is 2.18. The Morgan fingerprint density at radius 2 is 2.15 bits per heavy atom. The van der Waals surface area contributed by atoms with E-state index in [9.17, 15) is 9.90 Å². The molecule has 0 saturated carbocycles. The monoisotopic (exact) mass is 271 g/mol. The fourth-order valence-electron chi connectivity index (χ4n) is 2.32. The first-order chi connectivity index (χ1) is 9.49. The molecule has 7 heteroatoms. The van der Waals surface area contributed by atoms with E-state index in [2.05, 4.69) is 20.1 Å². The molecule has 0 amide bonds. The third kappa shape index (κ3) is 1.67. The Bertz CT molecular complexity index is 831. The first-order valence-corrected chi connectivity index (χ1v) is 6.07. The minimum Gasteiger partial charge on any atom is -0.478 e. The Kier molecular flexibility index (Phi) is 2.56. The van der Waals surface area contributed by atoms with Crippen LogP contribution in [0.3, 0.4) is 0 Å². The maximum atomic E-state index is 11.2. The van der Waals surface area contributed by atoms with Crippen molar-refractivity contribution < 1.29 is 9.90 Å². The van der Waals surface area contributed by atoms with Crippen LogP contribution >= 0.6 is 0 Å². The van der Waals surface area contributed by atoms with Gasteiger partial charge in [0.05, 0.1) is 22.3 Å². The number of aryl methyl sites for hydroxylation is 2. The number of pyridine rings is 1. The van der Waals surface area contributed by atoms with Crippen molar-refractivity contribution in [3.63, 3.8) is 0 Å². The molecule has 0 aliphatic rings. The summed E-state index contributed by atoms with van der Waals surface area (Å²) in [5.74, 6) is -0.420. The van der Waals surface area contributed by atoms with Gasteiger partial charge in [-0.1, -0.05) is 0 Å². The highest BCUT2D eigenvalue weighted by Crippen LogP contribution is 2.26. The summed E-state index contributed by atoms with van der Waals surface area (Å²) in [6, 6.07) is 1.45. The smallest absolute Gasteiger partial charge is 0.338 e. The molecule has 0 spiro atoms. The quantitative estimate of drug-likeness (QED) is 0.739. The summed E-state index contributed by atoms with van der Waals surface area (Å²) in [5.41, 5.74) is 3.65. The fraction of sp³-hybridized carbons (Fsp3) is 0.231. The second-order valence-corrected chi connectivity index (χ2v) is 4.62. The number of rotatable bonds is 2. The molecule has 3 rings (SSSR count). The van der Waals surface area contributed by atoms with E-state index in [1.165, 1.54) is 12.3 Å². The van der Waals surface area contributed by atoms with Crippen LogP contribution in [0, 0.1) is 13.8 Å². The summed E-state index contributed by atoms with van der Waals surface area (Å²) in [5, 5.41) is 13.5. The van der Waals surface area contributed by atoms with Crippen molar-refractivity contribution in [1.29, 1.82) is 0 Å². The topological polar surface area (TPSA) is 96.7 Å². The number of aromatic nitrogens is 5. The number of carboxylic acids is 1. The van der Waals surface area contributed by atoms with Crippen molar-refractivity contribution in [2.75, 3.05) is 0 Å². The predicted molar refractivity (Wildman–Crippen MR) is 72.5 cm³/mol. The van der Waals surface area contributed by atoms with E-state index in [0.29, 0.717) is 17.0 Å². The molecular weight excluding hydrogens is 258 g/mol. The zero-order valence-corrected chi connectivity index (χ0v) is 11.3. The lowest BCUT2D eigenvalue weighted by molar-refractivity contribution is 0.0698. The first-order valence-electron chi connectivity index (χ1n) is 6.07. The van der Waals surface area contributed by atoms with Crippen LogP contribution in [0.25, 0.3) is 22.6 Å². The van der Waals surface area contributed by atoms with Gasteiger partial charge in [-0.3, -0.25) is 4.68 Å². The molecule has 0 saturated heterocycles. The molecule has 0 aliphatic heterocycles. The molecule has 0 atom stereocenters. The summed E-state index contributed by atoms with van der Waals surface area (Å²) in [4.78, 5) is 22.7. The SMILES string of the molecule is Cc1nn(C)c(C)c1-c1nc2nccc(C(=O)O)c2[nH]1. The lowest BCUT2D eigenvalue weighted by atomic mass is 10.2. The zero-order chi connectivity index (χ0) is 14.4. The molecule has 0 aliphatic carbocycles. The molecule has 0 fully saturated rings. The van der Waals surface area contributed by atoms with E-state index < -0.39 is 5.97 Å². The number of hydrogen-bond donors (Lipinski definition) is 2. The van der Waals surface area contributed by atoms with Gasteiger partial charge >= 0.3 is 5.97 Å². The second-order valence-electron chi connectivity index (χ2n) is 4.62. The summed E-state index contributed by atoms with van der Waals surface area (Å²) in [6.07, 6.45) is 1.44. The maximum Gasteiger partial charge on any atom is 0.338 e. The normalized spacial score (nSPS) is 11.2. The Hall–Kier alpha value is -2.70. The minimum absolute atomic E-state index is 0.160. The number of nitrogens with one attached hydrogen (secondary N) is 1. The summed E-state index contributed by atoms with van der Waals surface area (Å²) >= 11 is 0. The standard InChI is InChI=1S/C13H13N5O2/c1-6-9(7(2)18(3)17-6)11-15-10-8(13(19)20)4-5-14-12(10)16-11/h4-5H,1-3H3,(H,19,20)(H,14,15,16). The van der Waals surface area contributed by atoms with E-state index in [4.69, 9.17) is 0 Å².